The third-order valence-electron chi connectivity index (χ3n) is 2.93. The number of hydrogen-bond acceptors (Lipinski definition) is 4. The lowest BCUT2D eigenvalue weighted by molar-refractivity contribution is 0.102. The van der Waals surface area contributed by atoms with Crippen LogP contribution in [0.5, 0.6) is 0 Å². The van der Waals surface area contributed by atoms with Gasteiger partial charge in [0.25, 0.3) is 5.91 Å². The Kier molecular flexibility index (Phi) is 4.49. The van der Waals surface area contributed by atoms with Crippen LogP contribution in [0.3, 0.4) is 0 Å². The second kappa shape index (κ2) is 6.32. The first kappa shape index (κ1) is 14.9. The van der Waals surface area contributed by atoms with Crippen LogP contribution in [-0.4, -0.2) is 17.0 Å². The smallest absolute Gasteiger partial charge is 0.259 e. The number of benzene rings is 1. The molecule has 7 heteroatoms. The number of oxime groups is 1. The zero-order valence-corrected chi connectivity index (χ0v) is 12.0. The lowest BCUT2D eigenvalue weighted by Crippen LogP contribution is -2.15. The predicted octanol–water partition coefficient (Wildman–Crippen LogP) is 2.84. The first-order valence-electron chi connectivity index (χ1n) is 6.22. The first-order chi connectivity index (χ1) is 10.1. The van der Waals surface area contributed by atoms with Gasteiger partial charge in [-0.25, -0.2) is 0 Å². The highest BCUT2D eigenvalue weighted by molar-refractivity contribution is 6.34. The Morgan fingerprint density at radius 2 is 2.24 bits per heavy atom. The molecule has 1 aromatic carbocycles. The molecule has 0 aliphatic rings. The van der Waals surface area contributed by atoms with Crippen LogP contribution in [0, 0.1) is 0 Å². The number of anilines is 1. The summed E-state index contributed by atoms with van der Waals surface area (Å²) < 4.78 is 5.21. The molecule has 0 atom stereocenters. The van der Waals surface area contributed by atoms with Crippen LogP contribution in [0.25, 0.3) is 0 Å². The number of amidine groups is 1. The molecule has 4 N–H and O–H groups in total. The molecule has 0 saturated carbocycles. The van der Waals surface area contributed by atoms with Crippen molar-refractivity contribution in [3.05, 3.63) is 52.4 Å². The van der Waals surface area contributed by atoms with Gasteiger partial charge in [-0.2, -0.15) is 0 Å². The number of furan rings is 1. The quantitative estimate of drug-likeness (QED) is 0.350. The zero-order chi connectivity index (χ0) is 15.4. The van der Waals surface area contributed by atoms with E-state index in [1.165, 1.54) is 12.3 Å². The number of rotatable bonds is 4. The summed E-state index contributed by atoms with van der Waals surface area (Å²) >= 11 is 6.08. The number of amides is 1. The van der Waals surface area contributed by atoms with E-state index in [1.54, 1.807) is 18.2 Å². The Morgan fingerprint density at radius 1 is 1.48 bits per heavy atom. The van der Waals surface area contributed by atoms with Crippen molar-refractivity contribution in [3.63, 3.8) is 0 Å². The van der Waals surface area contributed by atoms with E-state index < -0.39 is 0 Å². The molecule has 0 bridgehead atoms. The summed E-state index contributed by atoms with van der Waals surface area (Å²) in [4.78, 5) is 12.2. The molecule has 110 valence electrons. The normalized spacial score (nSPS) is 11.4. The van der Waals surface area contributed by atoms with E-state index in [2.05, 4.69) is 10.5 Å². The minimum Gasteiger partial charge on any atom is -0.469 e. The minimum atomic E-state index is -0.306. The number of nitrogens with zero attached hydrogens (tertiary/aromatic N) is 1. The molecular formula is C14H14ClN3O3. The molecule has 0 aliphatic heterocycles. The Labute approximate surface area is 126 Å². The number of carbonyl (C=O) groups excluding carboxylic acids is 1. The van der Waals surface area contributed by atoms with Gasteiger partial charge < -0.3 is 20.7 Å². The molecule has 0 radical (unpaired) electrons. The van der Waals surface area contributed by atoms with Crippen molar-refractivity contribution >= 4 is 29.0 Å². The molecule has 0 unspecified atom stereocenters. The van der Waals surface area contributed by atoms with Crippen LogP contribution in [0.1, 0.15) is 28.6 Å². The summed E-state index contributed by atoms with van der Waals surface area (Å²) in [5.41, 5.74) is 6.82. The van der Waals surface area contributed by atoms with E-state index in [0.717, 1.165) is 0 Å². The number of carbonyl (C=O) groups is 1. The van der Waals surface area contributed by atoms with Crippen LogP contribution in [0.15, 0.2) is 40.1 Å². The Bertz CT molecular complexity index is 695. The molecule has 0 aliphatic carbocycles. The first-order valence-corrected chi connectivity index (χ1v) is 6.59. The average molecular weight is 308 g/mol. The molecule has 6 nitrogen and oxygen atoms in total. The van der Waals surface area contributed by atoms with Crippen molar-refractivity contribution in [3.8, 4) is 0 Å². The number of aryl methyl sites for hydroxylation is 1. The van der Waals surface area contributed by atoms with E-state index in [0.29, 0.717) is 29.0 Å². The van der Waals surface area contributed by atoms with E-state index in [-0.39, 0.29) is 16.8 Å². The number of nitrogens with two attached hydrogens (primary N) is 1. The van der Waals surface area contributed by atoms with Gasteiger partial charge in [0.05, 0.1) is 22.5 Å². The fourth-order valence-electron chi connectivity index (χ4n) is 1.84. The summed E-state index contributed by atoms with van der Waals surface area (Å²) in [5, 5.41) is 14.5. The van der Waals surface area contributed by atoms with Crippen molar-refractivity contribution in [1.82, 2.24) is 0 Å². The van der Waals surface area contributed by atoms with Gasteiger partial charge in [-0.3, -0.25) is 4.79 Å². The minimum absolute atomic E-state index is 0.0575. The van der Waals surface area contributed by atoms with Gasteiger partial charge in [0, 0.05) is 12.0 Å². The molecule has 0 spiro atoms. The zero-order valence-electron chi connectivity index (χ0n) is 11.3. The average Bonchev–Trinajstić information content (AvgIpc) is 2.97. The molecular weight excluding hydrogens is 294 g/mol. The van der Waals surface area contributed by atoms with Crippen LogP contribution in [0.4, 0.5) is 5.69 Å². The van der Waals surface area contributed by atoms with E-state index in [4.69, 9.17) is 27.0 Å². The highest BCUT2D eigenvalue weighted by Gasteiger charge is 2.15. The maximum Gasteiger partial charge on any atom is 0.259 e. The monoisotopic (exact) mass is 307 g/mol. The number of nitrogens with one attached hydrogen (secondary N) is 1. The van der Waals surface area contributed by atoms with Gasteiger partial charge in [0.15, 0.2) is 5.84 Å². The van der Waals surface area contributed by atoms with Crippen molar-refractivity contribution in [2.75, 3.05) is 5.32 Å². The van der Waals surface area contributed by atoms with Gasteiger partial charge in [0.2, 0.25) is 0 Å². The summed E-state index contributed by atoms with van der Waals surface area (Å²) in [6.07, 6.45) is 2.09. The third-order valence-corrected chi connectivity index (χ3v) is 3.24. The maximum absolute atomic E-state index is 12.2. The van der Waals surface area contributed by atoms with E-state index in [1.807, 2.05) is 6.92 Å². The predicted molar refractivity (Wildman–Crippen MR) is 80.0 cm³/mol. The maximum atomic E-state index is 12.2. The molecule has 21 heavy (non-hydrogen) atoms. The van der Waals surface area contributed by atoms with Crippen LogP contribution in [-0.2, 0) is 6.42 Å². The Balaban J connectivity index is 2.22. The highest BCUT2D eigenvalue weighted by atomic mass is 35.5. The van der Waals surface area contributed by atoms with Crippen LogP contribution >= 0.6 is 11.6 Å². The van der Waals surface area contributed by atoms with Crippen molar-refractivity contribution in [2.24, 2.45) is 10.9 Å². The number of halogens is 1. The molecule has 1 heterocycles. The molecule has 2 rings (SSSR count). The SMILES string of the molecule is CCc1occc1C(=O)Nc1ccc(/C(N)=N/O)cc1Cl. The van der Waals surface area contributed by atoms with Crippen LogP contribution in [0.2, 0.25) is 5.02 Å². The molecule has 2 aromatic rings. The van der Waals surface area contributed by atoms with Crippen molar-refractivity contribution in [1.29, 1.82) is 0 Å². The van der Waals surface area contributed by atoms with E-state index >= 15 is 0 Å². The summed E-state index contributed by atoms with van der Waals surface area (Å²) in [7, 11) is 0. The summed E-state index contributed by atoms with van der Waals surface area (Å²) in [6, 6.07) is 6.28. The molecule has 1 aromatic heterocycles. The Morgan fingerprint density at radius 3 is 2.86 bits per heavy atom. The Hall–Kier alpha value is -2.47. The van der Waals surface area contributed by atoms with Crippen molar-refractivity contribution < 1.29 is 14.4 Å². The lowest BCUT2D eigenvalue weighted by Gasteiger charge is -2.08. The molecule has 1 amide bonds. The topological polar surface area (TPSA) is 101 Å². The van der Waals surface area contributed by atoms with Crippen molar-refractivity contribution in [2.45, 2.75) is 13.3 Å². The highest BCUT2D eigenvalue weighted by Crippen LogP contribution is 2.24. The summed E-state index contributed by atoms with van der Waals surface area (Å²) in [5.74, 6) is 0.244. The van der Waals surface area contributed by atoms with Gasteiger partial charge in [-0.05, 0) is 24.3 Å². The van der Waals surface area contributed by atoms with Gasteiger partial charge in [-0.1, -0.05) is 23.7 Å². The molecule has 0 fully saturated rings. The van der Waals surface area contributed by atoms with Gasteiger partial charge >= 0.3 is 0 Å². The second-order valence-corrected chi connectivity index (χ2v) is 4.65. The standard InChI is InChI=1S/C14H14ClN3O3/c1-2-12-9(5-6-21-12)14(19)17-11-4-3-8(7-10(11)15)13(16)18-20/h3-7,20H,2H2,1H3,(H2,16,18)(H,17,19). The fraction of sp³-hybridized carbons (Fsp3) is 0.143. The van der Waals surface area contributed by atoms with Gasteiger partial charge in [0.1, 0.15) is 5.76 Å². The third kappa shape index (κ3) is 3.17. The van der Waals surface area contributed by atoms with E-state index in [9.17, 15) is 4.79 Å². The lowest BCUT2D eigenvalue weighted by atomic mass is 10.1. The largest absolute Gasteiger partial charge is 0.469 e. The number of hydrogen-bond donors (Lipinski definition) is 3. The fourth-order valence-corrected chi connectivity index (χ4v) is 2.07. The second-order valence-electron chi connectivity index (χ2n) is 4.24. The van der Waals surface area contributed by atoms with Gasteiger partial charge in [-0.15, -0.1) is 0 Å². The van der Waals surface area contributed by atoms with Crippen LogP contribution < -0.4 is 11.1 Å². The summed E-state index contributed by atoms with van der Waals surface area (Å²) in [6.45, 7) is 1.90. The molecule has 0 saturated heterocycles.